The van der Waals surface area contributed by atoms with Crippen molar-refractivity contribution in [2.24, 2.45) is 4.99 Å². The van der Waals surface area contributed by atoms with Gasteiger partial charge in [-0.3, -0.25) is 5.41 Å². The molecule has 37 heavy (non-hydrogen) atoms. The number of aliphatic imine (C=N–C) groups is 1. The first-order valence-corrected chi connectivity index (χ1v) is 12.7. The molecule has 4 heterocycles. The second kappa shape index (κ2) is 10.2. The van der Waals surface area contributed by atoms with Gasteiger partial charge in [0.1, 0.15) is 17.8 Å². The van der Waals surface area contributed by atoms with Crippen LogP contribution in [0.2, 0.25) is 0 Å². The highest BCUT2D eigenvalue weighted by Gasteiger charge is 2.28. The quantitative estimate of drug-likeness (QED) is 0.264. The molecule has 0 bridgehead atoms. The van der Waals surface area contributed by atoms with Crippen molar-refractivity contribution >= 4 is 29.5 Å². The molecule has 3 N–H and O–H groups in total. The van der Waals surface area contributed by atoms with Crippen molar-refractivity contribution in [3.63, 3.8) is 0 Å². The number of piperazine rings is 1. The van der Waals surface area contributed by atoms with Crippen molar-refractivity contribution in [2.45, 2.75) is 19.4 Å². The van der Waals surface area contributed by atoms with E-state index in [1.165, 1.54) is 12.1 Å². The largest absolute Gasteiger partial charge is 0.381 e. The third-order valence-corrected chi connectivity index (χ3v) is 7.45. The van der Waals surface area contributed by atoms with Gasteiger partial charge in [-0.25, -0.2) is 24.3 Å². The molecule has 0 spiro atoms. The summed E-state index contributed by atoms with van der Waals surface area (Å²) in [5.74, 6) is 0.936. The fourth-order valence-electron chi connectivity index (χ4n) is 4.34. The van der Waals surface area contributed by atoms with Gasteiger partial charge in [-0.15, -0.1) is 11.3 Å². The Labute approximate surface area is 217 Å². The number of nitrogens with one attached hydrogen (secondary N) is 2. The second-order valence-electron chi connectivity index (χ2n) is 8.95. The summed E-state index contributed by atoms with van der Waals surface area (Å²) in [6.45, 7) is 6.33. The topological polar surface area (TPSA) is 117 Å². The Hall–Kier alpha value is -3.96. The summed E-state index contributed by atoms with van der Waals surface area (Å²) in [4.78, 5) is 26.3. The molecule has 1 aliphatic rings. The van der Waals surface area contributed by atoms with Crippen LogP contribution in [0.1, 0.15) is 28.8 Å². The number of aromatic nitrogens is 4. The van der Waals surface area contributed by atoms with Crippen molar-refractivity contribution in [3.8, 4) is 10.4 Å². The Morgan fingerprint density at radius 3 is 2.43 bits per heavy atom. The van der Waals surface area contributed by atoms with E-state index in [1.54, 1.807) is 42.8 Å². The number of thiazole rings is 1. The normalized spacial score (nSPS) is 16.1. The van der Waals surface area contributed by atoms with Crippen LogP contribution in [0, 0.1) is 18.2 Å². The lowest BCUT2D eigenvalue weighted by Gasteiger charge is -2.36. The van der Waals surface area contributed by atoms with Gasteiger partial charge in [-0.05, 0) is 37.6 Å². The minimum absolute atomic E-state index is 0.356. The number of rotatable bonds is 6. The Morgan fingerprint density at radius 2 is 1.81 bits per heavy atom. The van der Waals surface area contributed by atoms with E-state index in [0.717, 1.165) is 27.5 Å². The highest BCUT2D eigenvalue weighted by Crippen LogP contribution is 2.29. The zero-order valence-electron chi connectivity index (χ0n) is 20.5. The lowest BCUT2D eigenvalue weighted by Crippen LogP contribution is -2.49. The predicted molar refractivity (Wildman–Crippen MR) is 143 cm³/mol. The maximum absolute atomic E-state index is 13.3. The van der Waals surface area contributed by atoms with Crippen molar-refractivity contribution < 1.29 is 9.50 Å². The van der Waals surface area contributed by atoms with Crippen molar-refractivity contribution in [3.05, 3.63) is 82.8 Å². The molecule has 5 rings (SSSR count). The number of halogens is 1. The molecule has 0 amide bonds. The molecule has 3 aromatic heterocycles. The fourth-order valence-corrected chi connectivity index (χ4v) is 5.10. The summed E-state index contributed by atoms with van der Waals surface area (Å²) in [5, 5.41) is 19.6. The predicted octanol–water partition coefficient (Wildman–Crippen LogP) is 3.81. The molecular weight excluding hydrogens is 491 g/mol. The van der Waals surface area contributed by atoms with E-state index in [1.807, 2.05) is 25.4 Å². The number of nitrogens with zero attached hydrogens (tertiary/aromatic N) is 6. The minimum Gasteiger partial charge on any atom is -0.381 e. The molecule has 0 radical (unpaired) electrons. The van der Waals surface area contributed by atoms with E-state index in [4.69, 9.17) is 5.41 Å². The number of aromatic amines is 1. The van der Waals surface area contributed by atoms with Crippen LogP contribution in [0.3, 0.4) is 0 Å². The van der Waals surface area contributed by atoms with Gasteiger partial charge in [-0.2, -0.15) is 0 Å². The van der Waals surface area contributed by atoms with Crippen LogP contribution in [0.5, 0.6) is 0 Å². The Balaban J connectivity index is 1.26. The zero-order chi connectivity index (χ0) is 26.0. The Morgan fingerprint density at radius 1 is 1.11 bits per heavy atom. The molecule has 0 unspecified atom stereocenters. The third kappa shape index (κ3) is 5.13. The lowest BCUT2D eigenvalue weighted by molar-refractivity contribution is 0.101. The zero-order valence-corrected chi connectivity index (χ0v) is 21.3. The van der Waals surface area contributed by atoms with E-state index < -0.39 is 5.60 Å². The molecule has 1 aliphatic heterocycles. The molecule has 1 aromatic carbocycles. The van der Waals surface area contributed by atoms with Gasteiger partial charge >= 0.3 is 0 Å². The number of hydrogen-bond acceptors (Lipinski definition) is 7. The number of hydrogen-bond donors (Lipinski definition) is 3. The van der Waals surface area contributed by atoms with E-state index in [0.29, 0.717) is 49.1 Å². The summed E-state index contributed by atoms with van der Waals surface area (Å²) < 4.78 is 13.3. The Bertz CT molecular complexity index is 1400. The van der Waals surface area contributed by atoms with E-state index >= 15 is 0 Å². The lowest BCUT2D eigenvalue weighted by atomic mass is 9.90. The van der Waals surface area contributed by atoms with Crippen LogP contribution in [0.25, 0.3) is 10.4 Å². The molecular formula is C26H27FN8OS. The summed E-state index contributed by atoms with van der Waals surface area (Å²) >= 11 is 1.63. The number of benzene rings is 1. The molecule has 190 valence electrons. The number of amidine groups is 1. The van der Waals surface area contributed by atoms with Crippen molar-refractivity contribution in [1.29, 1.82) is 5.41 Å². The van der Waals surface area contributed by atoms with Crippen LogP contribution in [0.15, 0.2) is 60.1 Å². The van der Waals surface area contributed by atoms with E-state index in [2.05, 4.69) is 34.7 Å². The maximum Gasteiger partial charge on any atom is 0.225 e. The second-order valence-corrected chi connectivity index (χ2v) is 10.2. The van der Waals surface area contributed by atoms with Gasteiger partial charge in [0, 0.05) is 62.1 Å². The van der Waals surface area contributed by atoms with Gasteiger partial charge in [-0.1, -0.05) is 12.1 Å². The van der Waals surface area contributed by atoms with Crippen LogP contribution < -0.4 is 4.90 Å². The number of aryl methyl sites for hydroxylation is 1. The maximum atomic E-state index is 13.3. The smallest absolute Gasteiger partial charge is 0.225 e. The van der Waals surface area contributed by atoms with Crippen LogP contribution in [0.4, 0.5) is 10.3 Å². The van der Waals surface area contributed by atoms with Crippen molar-refractivity contribution in [1.82, 2.24) is 24.8 Å². The SMILES string of the molecule is Cc1ncc(-c2c[nH]c(C(=NC=N)N3CCN(c4ncc([C@](C)(O)c5ccc(F)cc5)cn4)CC3)c2)s1. The molecule has 1 atom stereocenters. The summed E-state index contributed by atoms with van der Waals surface area (Å²) in [6.07, 6.45) is 8.09. The monoisotopic (exact) mass is 518 g/mol. The fraction of sp³-hybridized carbons (Fsp3) is 0.269. The van der Waals surface area contributed by atoms with Gasteiger partial charge in [0.15, 0.2) is 5.84 Å². The summed E-state index contributed by atoms with van der Waals surface area (Å²) in [7, 11) is 0. The highest BCUT2D eigenvalue weighted by molar-refractivity contribution is 7.15. The highest BCUT2D eigenvalue weighted by atomic mass is 32.1. The summed E-state index contributed by atoms with van der Waals surface area (Å²) in [6, 6.07) is 7.80. The van der Waals surface area contributed by atoms with Gasteiger partial charge in [0.25, 0.3) is 0 Å². The summed E-state index contributed by atoms with van der Waals surface area (Å²) in [5.41, 5.74) is 1.65. The first-order chi connectivity index (χ1) is 17.8. The average Bonchev–Trinajstić information content (AvgIpc) is 3.57. The van der Waals surface area contributed by atoms with Crippen LogP contribution in [-0.2, 0) is 5.60 Å². The van der Waals surface area contributed by atoms with Crippen LogP contribution >= 0.6 is 11.3 Å². The standard InChI is InChI=1S/C26H27FN8OS/c1-17-29-15-23(37-17)18-11-22(30-12-18)24(33-16-28)34-7-9-35(10-8-34)25-31-13-20(14-32-25)26(2,36)19-3-5-21(27)6-4-19/h3-6,11-16,28,30,36H,7-10H2,1-2H3/t26-/m1/s1. The van der Waals surface area contributed by atoms with Crippen LogP contribution in [-0.4, -0.2) is 68.3 Å². The van der Waals surface area contributed by atoms with Gasteiger partial charge < -0.3 is 19.9 Å². The molecule has 0 aliphatic carbocycles. The average molecular weight is 519 g/mol. The molecule has 1 saturated heterocycles. The number of aliphatic hydroxyl groups is 1. The minimum atomic E-state index is -1.34. The first kappa shape index (κ1) is 24.7. The van der Waals surface area contributed by atoms with E-state index in [9.17, 15) is 9.50 Å². The van der Waals surface area contributed by atoms with Gasteiger partial charge in [0.2, 0.25) is 5.95 Å². The molecule has 0 saturated carbocycles. The number of H-pyrrole nitrogens is 1. The molecule has 1 fully saturated rings. The number of anilines is 1. The molecule has 9 nitrogen and oxygen atoms in total. The van der Waals surface area contributed by atoms with E-state index in [-0.39, 0.29) is 5.82 Å². The molecule has 11 heteroatoms. The first-order valence-electron chi connectivity index (χ1n) is 11.8. The third-order valence-electron chi connectivity index (χ3n) is 6.49. The van der Waals surface area contributed by atoms with Gasteiger partial charge in [0.05, 0.1) is 15.6 Å². The molecule has 4 aromatic rings. The Kier molecular flexibility index (Phi) is 6.81. The van der Waals surface area contributed by atoms with Crippen molar-refractivity contribution in [2.75, 3.05) is 31.1 Å².